The van der Waals surface area contributed by atoms with Crippen molar-refractivity contribution < 1.29 is 19.8 Å². The normalized spacial score (nSPS) is 9.89. The third-order valence-electron chi connectivity index (χ3n) is 2.23. The van der Waals surface area contributed by atoms with Gasteiger partial charge in [0.15, 0.2) is 0 Å². The van der Waals surface area contributed by atoms with Crippen molar-refractivity contribution >= 4 is 17.7 Å². The average molecular weight is 259 g/mol. The lowest BCUT2D eigenvalue weighted by molar-refractivity contribution is 0.0696. The summed E-state index contributed by atoms with van der Waals surface area (Å²) in [6.07, 6.45) is 3.75. The smallest absolute Gasteiger partial charge is 0.335 e. The number of carboxylic acid groups (broad SMARTS) is 1. The van der Waals surface area contributed by atoms with E-state index in [1.807, 2.05) is 0 Å². The monoisotopic (exact) mass is 259 g/mol. The van der Waals surface area contributed by atoms with Crippen molar-refractivity contribution in [3.05, 3.63) is 47.9 Å². The van der Waals surface area contributed by atoms with Crippen molar-refractivity contribution in [2.24, 2.45) is 0 Å². The van der Waals surface area contributed by atoms with Crippen LogP contribution in [0.2, 0.25) is 0 Å². The van der Waals surface area contributed by atoms with E-state index in [1.54, 1.807) is 0 Å². The van der Waals surface area contributed by atoms with E-state index in [9.17, 15) is 14.7 Å². The zero-order chi connectivity index (χ0) is 13.8. The molecule has 0 aliphatic carbocycles. The van der Waals surface area contributed by atoms with E-state index in [4.69, 9.17) is 5.11 Å². The molecule has 2 rings (SSSR count). The number of pyridine rings is 2. The number of hydrogen-bond acceptors (Lipinski definition) is 5. The number of carbonyl (C=O) groups excluding carboxylic acids is 1. The highest BCUT2D eigenvalue weighted by atomic mass is 16.4. The molecule has 7 nitrogen and oxygen atoms in total. The van der Waals surface area contributed by atoms with Crippen LogP contribution in [0.4, 0.5) is 5.82 Å². The van der Waals surface area contributed by atoms with Crippen LogP contribution in [0.5, 0.6) is 5.75 Å². The Labute approximate surface area is 107 Å². The number of anilines is 1. The van der Waals surface area contributed by atoms with E-state index in [0.717, 1.165) is 0 Å². The minimum absolute atomic E-state index is 0.0133. The first-order chi connectivity index (χ1) is 9.06. The fourth-order valence-corrected chi connectivity index (χ4v) is 1.37. The van der Waals surface area contributed by atoms with Crippen LogP contribution in [0, 0.1) is 0 Å². The number of amides is 1. The number of hydrogen-bond donors (Lipinski definition) is 3. The Bertz CT molecular complexity index is 642. The number of nitrogens with one attached hydrogen (secondary N) is 1. The largest absolute Gasteiger partial charge is 0.506 e. The van der Waals surface area contributed by atoms with Gasteiger partial charge in [-0.05, 0) is 18.2 Å². The molecular formula is C12H9N3O4. The molecule has 0 aromatic carbocycles. The maximum absolute atomic E-state index is 11.8. The van der Waals surface area contributed by atoms with Crippen LogP contribution in [-0.4, -0.2) is 32.1 Å². The molecule has 0 spiro atoms. The van der Waals surface area contributed by atoms with Gasteiger partial charge in [0.05, 0.1) is 17.3 Å². The second kappa shape index (κ2) is 5.13. The van der Waals surface area contributed by atoms with Crippen LogP contribution in [-0.2, 0) is 0 Å². The van der Waals surface area contributed by atoms with Crippen molar-refractivity contribution in [3.63, 3.8) is 0 Å². The molecule has 0 aliphatic rings. The number of aromatic hydroxyl groups is 1. The SMILES string of the molecule is O=C(O)c1ccnc(NC(=O)c2cncc(O)c2)c1. The fourth-order valence-electron chi connectivity index (χ4n) is 1.37. The van der Waals surface area contributed by atoms with E-state index in [1.165, 1.54) is 36.8 Å². The molecule has 0 atom stereocenters. The van der Waals surface area contributed by atoms with Gasteiger partial charge in [0, 0.05) is 12.4 Å². The summed E-state index contributed by atoms with van der Waals surface area (Å²) in [6, 6.07) is 3.79. The van der Waals surface area contributed by atoms with E-state index in [-0.39, 0.29) is 22.7 Å². The highest BCUT2D eigenvalue weighted by Crippen LogP contribution is 2.12. The van der Waals surface area contributed by atoms with Crippen LogP contribution in [0.15, 0.2) is 36.8 Å². The molecular weight excluding hydrogens is 250 g/mol. The Hall–Kier alpha value is -2.96. The second-order valence-electron chi connectivity index (χ2n) is 3.62. The van der Waals surface area contributed by atoms with Crippen molar-refractivity contribution in [3.8, 4) is 5.75 Å². The van der Waals surface area contributed by atoms with Gasteiger partial charge < -0.3 is 15.5 Å². The zero-order valence-electron chi connectivity index (χ0n) is 9.57. The summed E-state index contributed by atoms with van der Waals surface area (Å²) < 4.78 is 0. The molecule has 1 amide bonds. The molecule has 0 bridgehead atoms. The van der Waals surface area contributed by atoms with Crippen LogP contribution in [0.25, 0.3) is 0 Å². The predicted molar refractivity (Wildman–Crippen MR) is 65.1 cm³/mol. The Balaban J connectivity index is 2.19. The Morgan fingerprint density at radius 3 is 2.63 bits per heavy atom. The number of carboxylic acids is 1. The van der Waals surface area contributed by atoms with Gasteiger partial charge in [0.2, 0.25) is 0 Å². The molecule has 96 valence electrons. The van der Waals surface area contributed by atoms with Crippen LogP contribution in [0.3, 0.4) is 0 Å². The summed E-state index contributed by atoms with van der Waals surface area (Å²) in [5, 5.41) is 20.4. The summed E-state index contributed by atoms with van der Waals surface area (Å²) in [7, 11) is 0. The molecule has 0 aliphatic heterocycles. The minimum atomic E-state index is -1.11. The van der Waals surface area contributed by atoms with E-state index in [2.05, 4.69) is 15.3 Å². The van der Waals surface area contributed by atoms with Crippen molar-refractivity contribution in [1.82, 2.24) is 9.97 Å². The van der Waals surface area contributed by atoms with Gasteiger partial charge in [-0.15, -0.1) is 0 Å². The molecule has 2 heterocycles. The Kier molecular flexibility index (Phi) is 3.37. The van der Waals surface area contributed by atoms with Crippen LogP contribution >= 0.6 is 0 Å². The Morgan fingerprint density at radius 2 is 1.95 bits per heavy atom. The van der Waals surface area contributed by atoms with E-state index in [0.29, 0.717) is 0 Å². The molecule has 0 saturated carbocycles. The van der Waals surface area contributed by atoms with Crippen LogP contribution < -0.4 is 5.32 Å². The van der Waals surface area contributed by atoms with E-state index >= 15 is 0 Å². The minimum Gasteiger partial charge on any atom is -0.506 e. The molecule has 0 fully saturated rings. The number of nitrogens with zero attached hydrogens (tertiary/aromatic N) is 2. The third kappa shape index (κ3) is 3.03. The lowest BCUT2D eigenvalue weighted by Crippen LogP contribution is -2.13. The Morgan fingerprint density at radius 1 is 1.16 bits per heavy atom. The second-order valence-corrected chi connectivity index (χ2v) is 3.62. The van der Waals surface area contributed by atoms with Gasteiger partial charge in [0.25, 0.3) is 5.91 Å². The number of aromatic carboxylic acids is 1. The maximum atomic E-state index is 11.8. The molecule has 0 unspecified atom stereocenters. The predicted octanol–water partition coefficient (Wildman–Crippen LogP) is 1.13. The average Bonchev–Trinajstić information content (AvgIpc) is 2.39. The van der Waals surface area contributed by atoms with Gasteiger partial charge in [-0.25, -0.2) is 9.78 Å². The van der Waals surface area contributed by atoms with Gasteiger partial charge >= 0.3 is 5.97 Å². The highest BCUT2D eigenvalue weighted by Gasteiger charge is 2.10. The summed E-state index contributed by atoms with van der Waals surface area (Å²) in [4.78, 5) is 30.1. The standard InChI is InChI=1S/C12H9N3O4/c16-9-3-8(5-13-6-9)11(17)15-10-4-7(12(18)19)1-2-14-10/h1-6,16H,(H,18,19)(H,14,15,17). The molecule has 19 heavy (non-hydrogen) atoms. The summed E-state index contributed by atoms with van der Waals surface area (Å²) in [5.74, 6) is -1.69. The molecule has 2 aromatic rings. The lowest BCUT2D eigenvalue weighted by atomic mass is 10.2. The summed E-state index contributed by atoms with van der Waals surface area (Å²) in [5.41, 5.74) is 0.155. The zero-order valence-corrected chi connectivity index (χ0v) is 9.57. The fraction of sp³-hybridized carbons (Fsp3) is 0. The van der Waals surface area contributed by atoms with Crippen LogP contribution in [0.1, 0.15) is 20.7 Å². The first-order valence-electron chi connectivity index (χ1n) is 5.21. The van der Waals surface area contributed by atoms with Crippen molar-refractivity contribution in [2.45, 2.75) is 0 Å². The summed E-state index contributed by atoms with van der Waals surface area (Å²) in [6.45, 7) is 0. The maximum Gasteiger partial charge on any atom is 0.335 e. The highest BCUT2D eigenvalue weighted by molar-refractivity contribution is 6.04. The quantitative estimate of drug-likeness (QED) is 0.761. The topological polar surface area (TPSA) is 112 Å². The third-order valence-corrected chi connectivity index (χ3v) is 2.23. The molecule has 3 N–H and O–H groups in total. The van der Waals surface area contributed by atoms with Gasteiger partial charge in [-0.3, -0.25) is 9.78 Å². The van der Waals surface area contributed by atoms with Gasteiger partial charge in [-0.2, -0.15) is 0 Å². The molecule has 7 heteroatoms. The van der Waals surface area contributed by atoms with Gasteiger partial charge in [-0.1, -0.05) is 0 Å². The number of carbonyl (C=O) groups is 2. The number of rotatable bonds is 3. The molecule has 0 radical (unpaired) electrons. The first-order valence-corrected chi connectivity index (χ1v) is 5.21. The van der Waals surface area contributed by atoms with Crippen molar-refractivity contribution in [1.29, 1.82) is 0 Å². The van der Waals surface area contributed by atoms with Gasteiger partial charge in [0.1, 0.15) is 11.6 Å². The number of aromatic nitrogens is 2. The van der Waals surface area contributed by atoms with Crippen molar-refractivity contribution in [2.75, 3.05) is 5.32 Å². The molecule has 0 saturated heterocycles. The summed E-state index contributed by atoms with van der Waals surface area (Å²) >= 11 is 0. The van der Waals surface area contributed by atoms with E-state index < -0.39 is 11.9 Å². The molecule has 2 aromatic heterocycles. The lowest BCUT2D eigenvalue weighted by Gasteiger charge is -2.05. The first kappa shape index (κ1) is 12.5.